The van der Waals surface area contributed by atoms with Crippen molar-refractivity contribution in [2.24, 2.45) is 0 Å². The Kier molecular flexibility index (Phi) is 1.72. The van der Waals surface area contributed by atoms with Crippen molar-refractivity contribution in [3.63, 3.8) is 0 Å². The Morgan fingerprint density at radius 1 is 1.64 bits per heavy atom. The number of rotatable bonds is 1. The van der Waals surface area contributed by atoms with Gasteiger partial charge < -0.3 is 0 Å². The number of carbonyl (C=O) groups is 1. The number of carbonyl (C=O) groups excluding carboxylic acids is 1. The van der Waals surface area contributed by atoms with Crippen LogP contribution in [0.15, 0.2) is 0 Å². The monoisotopic (exact) mass is 171 g/mol. The summed E-state index contributed by atoms with van der Waals surface area (Å²) in [5, 5.41) is 0.758. The second-order valence-electron chi connectivity index (χ2n) is 3.47. The number of hydrogen-bond acceptors (Lipinski definition) is 3. The zero-order valence-corrected chi connectivity index (χ0v) is 7.73. The molecule has 0 radical (unpaired) electrons. The minimum atomic E-state index is 0.222. The third-order valence-electron chi connectivity index (χ3n) is 2.85. The minimum Gasteiger partial charge on any atom is -0.298 e. The molecule has 2 fully saturated rings. The lowest BCUT2D eigenvalue weighted by Gasteiger charge is -2.33. The maximum absolute atomic E-state index is 11.1. The molecule has 11 heavy (non-hydrogen) atoms. The summed E-state index contributed by atoms with van der Waals surface area (Å²) in [6, 6.07) is 0.925. The summed E-state index contributed by atoms with van der Waals surface area (Å²) in [7, 11) is 2.08. The highest BCUT2D eigenvalue weighted by Crippen LogP contribution is 2.42. The van der Waals surface area contributed by atoms with Gasteiger partial charge in [-0.2, -0.15) is 11.8 Å². The Bertz CT molecular complexity index is 195. The van der Waals surface area contributed by atoms with E-state index >= 15 is 0 Å². The SMILES string of the molecule is CC(=O)C1CC2SCC2N1C. The Morgan fingerprint density at radius 3 is 2.64 bits per heavy atom. The molecule has 0 N–H and O–H groups in total. The number of thioether (sulfide) groups is 1. The predicted octanol–water partition coefficient (Wildman–Crippen LogP) is 0.764. The van der Waals surface area contributed by atoms with Crippen LogP contribution in [0.25, 0.3) is 0 Å². The highest BCUT2D eigenvalue weighted by atomic mass is 32.2. The number of likely N-dealkylation sites (N-methyl/N-ethyl adjacent to an activating group) is 1. The van der Waals surface area contributed by atoms with Crippen LogP contribution >= 0.6 is 11.8 Å². The fourth-order valence-electron chi connectivity index (χ4n) is 1.99. The molecule has 2 nitrogen and oxygen atoms in total. The van der Waals surface area contributed by atoms with Crippen LogP contribution in [-0.2, 0) is 4.79 Å². The first-order chi connectivity index (χ1) is 5.20. The molecule has 2 heterocycles. The van der Waals surface area contributed by atoms with Gasteiger partial charge in [0, 0.05) is 17.0 Å². The molecule has 3 atom stereocenters. The van der Waals surface area contributed by atoms with E-state index in [1.807, 2.05) is 11.8 Å². The molecule has 0 aromatic heterocycles. The lowest BCUT2D eigenvalue weighted by atomic mass is 10.1. The topological polar surface area (TPSA) is 20.3 Å². The third-order valence-corrected chi connectivity index (χ3v) is 4.32. The van der Waals surface area contributed by atoms with Crippen molar-refractivity contribution >= 4 is 17.5 Å². The van der Waals surface area contributed by atoms with Gasteiger partial charge in [-0.15, -0.1) is 0 Å². The van der Waals surface area contributed by atoms with Crippen LogP contribution in [0.4, 0.5) is 0 Å². The van der Waals surface area contributed by atoms with Gasteiger partial charge in [-0.05, 0) is 20.4 Å². The van der Waals surface area contributed by atoms with Gasteiger partial charge in [0.05, 0.1) is 6.04 Å². The second-order valence-corrected chi connectivity index (χ2v) is 4.74. The quantitative estimate of drug-likeness (QED) is 0.581. The van der Waals surface area contributed by atoms with E-state index in [1.165, 1.54) is 5.75 Å². The van der Waals surface area contributed by atoms with Gasteiger partial charge in [-0.1, -0.05) is 0 Å². The summed E-state index contributed by atoms with van der Waals surface area (Å²) in [6.07, 6.45) is 1.08. The maximum Gasteiger partial charge on any atom is 0.146 e. The lowest BCUT2D eigenvalue weighted by Crippen LogP contribution is -2.43. The summed E-state index contributed by atoms with van der Waals surface area (Å²) in [6.45, 7) is 1.70. The predicted molar refractivity (Wildman–Crippen MR) is 46.9 cm³/mol. The molecule has 2 aliphatic heterocycles. The van der Waals surface area contributed by atoms with Crippen molar-refractivity contribution in [1.29, 1.82) is 0 Å². The zero-order valence-electron chi connectivity index (χ0n) is 6.91. The number of Topliss-reactive ketones (excluding diaryl/α,β-unsaturated/α-hetero) is 1. The van der Waals surface area contributed by atoms with Crippen LogP contribution in [0.1, 0.15) is 13.3 Å². The van der Waals surface area contributed by atoms with Gasteiger partial charge in [0.2, 0.25) is 0 Å². The molecule has 2 saturated heterocycles. The second kappa shape index (κ2) is 2.49. The van der Waals surface area contributed by atoms with E-state index < -0.39 is 0 Å². The molecular weight excluding hydrogens is 158 g/mol. The van der Waals surface area contributed by atoms with E-state index in [-0.39, 0.29) is 6.04 Å². The number of ketones is 1. The van der Waals surface area contributed by atoms with Gasteiger partial charge in [0.25, 0.3) is 0 Å². The fraction of sp³-hybridized carbons (Fsp3) is 0.875. The van der Waals surface area contributed by atoms with Gasteiger partial charge in [-0.25, -0.2) is 0 Å². The molecule has 0 aromatic carbocycles. The van der Waals surface area contributed by atoms with Crippen LogP contribution in [0, 0.1) is 0 Å². The fourth-order valence-corrected chi connectivity index (χ4v) is 3.38. The van der Waals surface area contributed by atoms with E-state index in [0.29, 0.717) is 11.8 Å². The summed E-state index contributed by atoms with van der Waals surface area (Å²) in [5.74, 6) is 1.56. The summed E-state index contributed by atoms with van der Waals surface area (Å²) < 4.78 is 0. The van der Waals surface area contributed by atoms with Crippen LogP contribution < -0.4 is 0 Å². The Labute approximate surface area is 71.3 Å². The number of nitrogens with zero attached hydrogens (tertiary/aromatic N) is 1. The Morgan fingerprint density at radius 2 is 2.36 bits per heavy atom. The largest absolute Gasteiger partial charge is 0.298 e. The van der Waals surface area contributed by atoms with Gasteiger partial charge >= 0.3 is 0 Å². The molecule has 2 aliphatic rings. The van der Waals surface area contributed by atoms with Gasteiger partial charge in [-0.3, -0.25) is 9.69 Å². The molecule has 0 spiro atoms. The Balaban J connectivity index is 2.09. The highest BCUT2D eigenvalue weighted by Gasteiger charge is 2.46. The zero-order chi connectivity index (χ0) is 8.01. The molecule has 2 rings (SSSR count). The summed E-state index contributed by atoms with van der Waals surface area (Å²) in [5.41, 5.74) is 0. The van der Waals surface area contributed by atoms with Crippen LogP contribution in [0.3, 0.4) is 0 Å². The first-order valence-electron chi connectivity index (χ1n) is 4.04. The van der Waals surface area contributed by atoms with Crippen molar-refractivity contribution in [3.05, 3.63) is 0 Å². The van der Waals surface area contributed by atoms with Crippen molar-refractivity contribution in [2.45, 2.75) is 30.7 Å². The van der Waals surface area contributed by atoms with E-state index in [4.69, 9.17) is 0 Å². The number of fused-ring (bicyclic) bond motifs is 1. The molecule has 3 unspecified atom stereocenters. The van der Waals surface area contributed by atoms with Crippen molar-refractivity contribution in [2.75, 3.05) is 12.8 Å². The van der Waals surface area contributed by atoms with Crippen molar-refractivity contribution in [3.8, 4) is 0 Å². The van der Waals surface area contributed by atoms with E-state index in [0.717, 1.165) is 11.7 Å². The van der Waals surface area contributed by atoms with E-state index in [2.05, 4.69) is 11.9 Å². The standard InChI is InChI=1S/C8H13NOS/c1-5(10)6-3-8-7(4-11-8)9(6)2/h6-8H,3-4H2,1-2H3. The third kappa shape index (κ3) is 1.02. The van der Waals surface area contributed by atoms with Crippen molar-refractivity contribution < 1.29 is 4.79 Å². The van der Waals surface area contributed by atoms with Gasteiger partial charge in [0.15, 0.2) is 0 Å². The molecular formula is C8H13NOS. The molecule has 0 saturated carbocycles. The average Bonchev–Trinajstić information content (AvgIpc) is 2.03. The smallest absolute Gasteiger partial charge is 0.146 e. The molecule has 0 amide bonds. The molecule has 3 heteroatoms. The first-order valence-corrected chi connectivity index (χ1v) is 5.09. The first kappa shape index (κ1) is 7.62. The van der Waals surface area contributed by atoms with Crippen LogP contribution in [-0.4, -0.2) is 40.8 Å². The Hall–Kier alpha value is -0.0200. The molecule has 0 bridgehead atoms. The van der Waals surface area contributed by atoms with Gasteiger partial charge in [0.1, 0.15) is 5.78 Å². The molecule has 62 valence electrons. The number of likely N-dealkylation sites (tertiary alicyclic amines) is 1. The normalized spacial score (nSPS) is 43.3. The molecule has 0 aliphatic carbocycles. The van der Waals surface area contributed by atoms with Crippen molar-refractivity contribution in [1.82, 2.24) is 4.90 Å². The molecule has 0 aromatic rings. The van der Waals surface area contributed by atoms with Crippen LogP contribution in [0.5, 0.6) is 0 Å². The minimum absolute atomic E-state index is 0.222. The number of hydrogen-bond donors (Lipinski definition) is 0. The van der Waals surface area contributed by atoms with Crippen LogP contribution in [0.2, 0.25) is 0 Å². The summed E-state index contributed by atoms with van der Waals surface area (Å²) >= 11 is 2.01. The van der Waals surface area contributed by atoms with E-state index in [9.17, 15) is 4.79 Å². The summed E-state index contributed by atoms with van der Waals surface area (Å²) in [4.78, 5) is 13.4. The lowest BCUT2D eigenvalue weighted by molar-refractivity contribution is -0.121. The maximum atomic E-state index is 11.1. The van der Waals surface area contributed by atoms with E-state index in [1.54, 1.807) is 6.92 Å². The highest BCUT2D eigenvalue weighted by molar-refractivity contribution is 8.01. The average molecular weight is 171 g/mol.